The molecule has 2 aromatic rings. The lowest BCUT2D eigenvalue weighted by Crippen LogP contribution is -1.98. The molecule has 7 nitrogen and oxygen atoms in total. The molecule has 0 N–H and O–H groups in total. The van der Waals surface area contributed by atoms with E-state index < -0.39 is 9.85 Å². The molecule has 23 heavy (non-hydrogen) atoms. The molecule has 0 saturated heterocycles. The smallest absolute Gasteiger partial charge is 0.287 e. The molecular formula is C16H12N2O5. The van der Waals surface area contributed by atoms with Gasteiger partial charge in [0.25, 0.3) is 11.4 Å². The van der Waals surface area contributed by atoms with Gasteiger partial charge in [-0.05, 0) is 30.2 Å². The first-order valence-electron chi connectivity index (χ1n) is 6.95. The third-order valence-electron chi connectivity index (χ3n) is 3.64. The molecule has 0 aromatic heterocycles. The van der Waals surface area contributed by atoms with Crippen molar-refractivity contribution in [3.63, 3.8) is 0 Å². The molecule has 0 saturated carbocycles. The predicted molar refractivity (Wildman–Crippen MR) is 84.6 cm³/mol. The van der Waals surface area contributed by atoms with Gasteiger partial charge < -0.3 is 4.74 Å². The number of hydrogen-bond donors (Lipinski definition) is 0. The maximum absolute atomic E-state index is 11.2. The molecule has 0 fully saturated rings. The normalized spacial score (nSPS) is 11.9. The summed E-state index contributed by atoms with van der Waals surface area (Å²) in [6, 6.07) is 7.73. The van der Waals surface area contributed by atoms with Gasteiger partial charge in [0.05, 0.1) is 27.5 Å². The maximum atomic E-state index is 11.2. The average molecular weight is 312 g/mol. The van der Waals surface area contributed by atoms with E-state index >= 15 is 0 Å². The maximum Gasteiger partial charge on any atom is 0.287 e. The van der Waals surface area contributed by atoms with Gasteiger partial charge in [-0.25, -0.2) is 0 Å². The highest BCUT2D eigenvalue weighted by Gasteiger charge is 2.25. The van der Waals surface area contributed by atoms with Gasteiger partial charge in [-0.2, -0.15) is 0 Å². The van der Waals surface area contributed by atoms with E-state index in [0.717, 1.165) is 23.6 Å². The van der Waals surface area contributed by atoms with Gasteiger partial charge in [0.1, 0.15) is 11.5 Å². The van der Waals surface area contributed by atoms with Crippen molar-refractivity contribution in [2.75, 3.05) is 0 Å². The first-order chi connectivity index (χ1) is 11.0. The molecule has 0 atom stereocenters. The fourth-order valence-electron chi connectivity index (χ4n) is 2.44. The average Bonchev–Trinajstić information content (AvgIpc) is 2.71. The van der Waals surface area contributed by atoms with Gasteiger partial charge in [0.15, 0.2) is 0 Å². The summed E-state index contributed by atoms with van der Waals surface area (Å²) in [6.07, 6.45) is 4.13. The molecule has 1 heterocycles. The number of hydrogen-bond acceptors (Lipinski definition) is 5. The number of benzene rings is 2. The summed E-state index contributed by atoms with van der Waals surface area (Å²) in [5, 5.41) is 22.2. The van der Waals surface area contributed by atoms with Crippen LogP contribution in [-0.2, 0) is 6.42 Å². The van der Waals surface area contributed by atoms with Gasteiger partial charge in [-0.15, -0.1) is 0 Å². The first kappa shape index (κ1) is 14.7. The second-order valence-corrected chi connectivity index (χ2v) is 5.05. The number of nitro groups is 2. The number of non-ortho nitro benzene ring substituents is 1. The van der Waals surface area contributed by atoms with Crippen molar-refractivity contribution in [3.05, 3.63) is 67.3 Å². The van der Waals surface area contributed by atoms with Crippen LogP contribution in [0.25, 0.3) is 12.2 Å². The van der Waals surface area contributed by atoms with E-state index in [0.29, 0.717) is 5.75 Å². The minimum Gasteiger partial charge on any atom is -0.456 e. The van der Waals surface area contributed by atoms with Gasteiger partial charge in [0, 0.05) is 5.56 Å². The zero-order chi connectivity index (χ0) is 16.6. The molecule has 0 spiro atoms. The van der Waals surface area contributed by atoms with Gasteiger partial charge >= 0.3 is 0 Å². The third kappa shape index (κ3) is 2.64. The Morgan fingerprint density at radius 1 is 1.00 bits per heavy atom. The summed E-state index contributed by atoms with van der Waals surface area (Å²) >= 11 is 0. The molecule has 1 aliphatic rings. The van der Waals surface area contributed by atoms with Crippen molar-refractivity contribution in [1.82, 2.24) is 0 Å². The molecule has 0 bridgehead atoms. The largest absolute Gasteiger partial charge is 0.456 e. The lowest BCUT2D eigenvalue weighted by molar-refractivity contribution is -0.394. The van der Waals surface area contributed by atoms with Gasteiger partial charge in [-0.3, -0.25) is 20.2 Å². The lowest BCUT2D eigenvalue weighted by Gasteiger charge is -2.10. The third-order valence-corrected chi connectivity index (χ3v) is 3.64. The number of aryl methyl sites for hydroxylation is 1. The van der Waals surface area contributed by atoms with Crippen molar-refractivity contribution in [2.24, 2.45) is 0 Å². The summed E-state index contributed by atoms with van der Waals surface area (Å²) in [4.78, 5) is 20.9. The number of ether oxygens (including phenoxy) is 1. The van der Waals surface area contributed by atoms with Crippen LogP contribution in [0.3, 0.4) is 0 Å². The van der Waals surface area contributed by atoms with Crippen molar-refractivity contribution < 1.29 is 14.6 Å². The Labute approximate surface area is 131 Å². The molecule has 0 unspecified atom stereocenters. The van der Waals surface area contributed by atoms with Crippen LogP contribution < -0.4 is 4.74 Å². The highest BCUT2D eigenvalue weighted by molar-refractivity contribution is 5.82. The van der Waals surface area contributed by atoms with Crippen molar-refractivity contribution in [2.45, 2.75) is 13.3 Å². The van der Waals surface area contributed by atoms with E-state index in [9.17, 15) is 20.2 Å². The Kier molecular flexibility index (Phi) is 3.53. The van der Waals surface area contributed by atoms with Crippen LogP contribution >= 0.6 is 0 Å². The molecule has 0 aliphatic carbocycles. The minimum atomic E-state index is -0.674. The van der Waals surface area contributed by atoms with E-state index in [4.69, 9.17) is 4.74 Å². The fourth-order valence-corrected chi connectivity index (χ4v) is 2.44. The van der Waals surface area contributed by atoms with Crippen LogP contribution in [-0.4, -0.2) is 9.85 Å². The number of rotatable bonds is 3. The van der Waals surface area contributed by atoms with E-state index in [1.807, 2.05) is 19.1 Å². The van der Waals surface area contributed by atoms with Crippen LogP contribution in [0.4, 0.5) is 11.4 Å². The molecule has 2 aromatic carbocycles. The van der Waals surface area contributed by atoms with Crippen LogP contribution in [0.5, 0.6) is 11.5 Å². The molecular weight excluding hydrogens is 300 g/mol. The Bertz CT molecular complexity index is 858. The second-order valence-electron chi connectivity index (χ2n) is 5.05. The van der Waals surface area contributed by atoms with Gasteiger partial charge in [0.2, 0.25) is 0 Å². The Balaban J connectivity index is 2.20. The van der Waals surface area contributed by atoms with E-state index in [-0.39, 0.29) is 22.7 Å². The topological polar surface area (TPSA) is 95.5 Å². The number of nitro benzene ring substituents is 2. The monoisotopic (exact) mass is 312 g/mol. The van der Waals surface area contributed by atoms with Gasteiger partial charge in [-0.1, -0.05) is 19.1 Å². The Morgan fingerprint density at radius 3 is 2.43 bits per heavy atom. The quantitative estimate of drug-likeness (QED) is 0.529. The lowest BCUT2D eigenvalue weighted by atomic mass is 10.1. The molecule has 0 radical (unpaired) electrons. The summed E-state index contributed by atoms with van der Waals surface area (Å²) < 4.78 is 5.71. The summed E-state index contributed by atoms with van der Waals surface area (Å²) in [5.41, 5.74) is 1.36. The van der Waals surface area contributed by atoms with Crippen molar-refractivity contribution in [3.8, 4) is 11.5 Å². The summed E-state index contributed by atoms with van der Waals surface area (Å²) in [7, 11) is 0. The predicted octanol–water partition coefficient (Wildman–Crippen LogP) is 4.34. The minimum absolute atomic E-state index is 0.102. The van der Waals surface area contributed by atoms with Crippen molar-refractivity contribution in [1.29, 1.82) is 0 Å². The molecule has 7 heteroatoms. The highest BCUT2D eigenvalue weighted by atomic mass is 16.6. The first-order valence-corrected chi connectivity index (χ1v) is 6.95. The molecule has 116 valence electrons. The number of nitrogens with zero attached hydrogens (tertiary/aromatic N) is 2. The van der Waals surface area contributed by atoms with Crippen LogP contribution in [0.15, 0.2) is 30.3 Å². The standard InChI is InChI=1S/C16H12N2O5/c1-2-10-3-6-15-11(7-10)4-5-13-14(18(21)22)8-12(17(19)20)9-16(13)23-15/h3-9H,2H2,1H3. The zero-order valence-corrected chi connectivity index (χ0v) is 12.2. The molecule has 3 rings (SSSR count). The van der Waals surface area contributed by atoms with Crippen LogP contribution in [0.1, 0.15) is 23.6 Å². The fraction of sp³-hybridized carbons (Fsp3) is 0.125. The molecule has 0 amide bonds. The number of fused-ring (bicyclic) bond motifs is 2. The van der Waals surface area contributed by atoms with E-state index in [1.54, 1.807) is 18.2 Å². The Morgan fingerprint density at radius 2 is 1.78 bits per heavy atom. The summed E-state index contributed by atoms with van der Waals surface area (Å²) in [6.45, 7) is 2.02. The van der Waals surface area contributed by atoms with Crippen LogP contribution in [0, 0.1) is 20.2 Å². The zero-order valence-electron chi connectivity index (χ0n) is 12.2. The Hall–Kier alpha value is -3.22. The molecule has 1 aliphatic heterocycles. The second kappa shape index (κ2) is 5.53. The van der Waals surface area contributed by atoms with E-state index in [1.165, 1.54) is 6.07 Å². The summed E-state index contributed by atoms with van der Waals surface area (Å²) in [5.74, 6) is 0.608. The van der Waals surface area contributed by atoms with Crippen molar-refractivity contribution >= 4 is 23.5 Å². The highest BCUT2D eigenvalue weighted by Crippen LogP contribution is 2.41. The van der Waals surface area contributed by atoms with E-state index in [2.05, 4.69) is 0 Å². The van der Waals surface area contributed by atoms with Crippen LogP contribution in [0.2, 0.25) is 0 Å². The SMILES string of the molecule is CCc1ccc2c(c1)C=Cc1c(cc([N+](=O)[O-])cc1[N+](=O)[O-])O2.